The highest BCUT2D eigenvalue weighted by molar-refractivity contribution is 7.89. The molecule has 3 rings (SSSR count). The van der Waals surface area contributed by atoms with Crippen molar-refractivity contribution in [1.29, 1.82) is 0 Å². The standard InChI is InChI=1S/C19H23ClF3N3O5S/c20-14-6-5-12(9-16(14)32(29,30)25-10-13-3-2-8-31-13)18(28)26-7-1-4-15(26)17(27)24-11-19(21,22)23/h5-6,9,13,15,25H,1-4,7-8,10-11H2,(H,24,27). The monoisotopic (exact) mass is 497 g/mol. The number of likely N-dealkylation sites (tertiary alicyclic amines) is 1. The van der Waals surface area contributed by atoms with Crippen LogP contribution in [-0.2, 0) is 19.6 Å². The van der Waals surface area contributed by atoms with Gasteiger partial charge in [-0.2, -0.15) is 13.2 Å². The van der Waals surface area contributed by atoms with Gasteiger partial charge >= 0.3 is 6.18 Å². The lowest BCUT2D eigenvalue weighted by molar-refractivity contribution is -0.140. The average molecular weight is 498 g/mol. The molecule has 2 N–H and O–H groups in total. The van der Waals surface area contributed by atoms with Gasteiger partial charge in [-0.1, -0.05) is 11.6 Å². The summed E-state index contributed by atoms with van der Waals surface area (Å²) in [7, 11) is -4.05. The SMILES string of the molecule is O=C(NCC(F)(F)F)C1CCCN1C(=O)c1ccc(Cl)c(S(=O)(=O)NCC2CCCO2)c1. The zero-order valence-electron chi connectivity index (χ0n) is 17.0. The number of alkyl halides is 3. The molecule has 8 nitrogen and oxygen atoms in total. The number of benzene rings is 1. The molecule has 2 unspecified atom stereocenters. The fourth-order valence-electron chi connectivity index (χ4n) is 3.68. The number of sulfonamides is 1. The van der Waals surface area contributed by atoms with Crippen LogP contribution in [0.5, 0.6) is 0 Å². The van der Waals surface area contributed by atoms with Crippen LogP contribution in [0, 0.1) is 0 Å². The number of halogens is 4. The van der Waals surface area contributed by atoms with Crippen molar-refractivity contribution in [2.24, 2.45) is 0 Å². The molecule has 0 radical (unpaired) electrons. The predicted octanol–water partition coefficient (Wildman–Crippen LogP) is 2.08. The van der Waals surface area contributed by atoms with Gasteiger partial charge in [-0.25, -0.2) is 13.1 Å². The first kappa shape index (κ1) is 24.7. The summed E-state index contributed by atoms with van der Waals surface area (Å²) in [6.07, 6.45) is -2.62. The maximum atomic E-state index is 13.0. The summed E-state index contributed by atoms with van der Waals surface area (Å²) in [6.45, 7) is -0.718. The van der Waals surface area contributed by atoms with Gasteiger partial charge in [0.1, 0.15) is 17.5 Å². The Balaban J connectivity index is 1.74. The topological polar surface area (TPSA) is 105 Å². The van der Waals surface area contributed by atoms with E-state index < -0.39 is 40.6 Å². The van der Waals surface area contributed by atoms with Gasteiger partial charge in [0.2, 0.25) is 15.9 Å². The Hall–Kier alpha value is -1.89. The van der Waals surface area contributed by atoms with E-state index in [-0.39, 0.29) is 41.1 Å². The number of rotatable bonds is 7. The molecule has 0 bridgehead atoms. The Kier molecular flexibility index (Phi) is 7.69. The minimum Gasteiger partial charge on any atom is -0.377 e. The molecule has 178 valence electrons. The number of carbonyl (C=O) groups is 2. The van der Waals surface area contributed by atoms with Gasteiger partial charge in [-0.05, 0) is 43.9 Å². The maximum absolute atomic E-state index is 13.0. The van der Waals surface area contributed by atoms with Crippen LogP contribution < -0.4 is 10.0 Å². The first-order valence-electron chi connectivity index (χ1n) is 10.0. The van der Waals surface area contributed by atoms with Crippen molar-refractivity contribution in [2.45, 2.75) is 48.9 Å². The van der Waals surface area contributed by atoms with E-state index in [4.69, 9.17) is 16.3 Å². The Bertz CT molecular complexity index is 967. The number of hydrogen-bond donors (Lipinski definition) is 2. The fraction of sp³-hybridized carbons (Fsp3) is 0.579. The molecule has 1 aromatic rings. The van der Waals surface area contributed by atoms with E-state index in [2.05, 4.69) is 4.72 Å². The van der Waals surface area contributed by atoms with Crippen molar-refractivity contribution in [3.8, 4) is 0 Å². The molecular formula is C19H23ClF3N3O5S. The molecule has 0 aromatic heterocycles. The summed E-state index contributed by atoms with van der Waals surface area (Å²) >= 11 is 6.06. The number of nitrogens with one attached hydrogen (secondary N) is 2. The molecule has 2 aliphatic heterocycles. The summed E-state index contributed by atoms with van der Waals surface area (Å²) in [5, 5.41) is 1.70. The molecule has 13 heteroatoms. The number of hydrogen-bond acceptors (Lipinski definition) is 5. The second kappa shape index (κ2) is 9.94. The van der Waals surface area contributed by atoms with Gasteiger partial charge in [0.15, 0.2) is 0 Å². The van der Waals surface area contributed by atoms with Crippen LogP contribution in [0.3, 0.4) is 0 Å². The maximum Gasteiger partial charge on any atom is 0.405 e. The van der Waals surface area contributed by atoms with Crippen LogP contribution in [0.2, 0.25) is 5.02 Å². The molecule has 1 aromatic carbocycles. The van der Waals surface area contributed by atoms with Gasteiger partial charge in [-0.3, -0.25) is 9.59 Å². The van der Waals surface area contributed by atoms with E-state index in [0.29, 0.717) is 13.0 Å². The molecule has 2 amide bonds. The van der Waals surface area contributed by atoms with Crippen molar-refractivity contribution in [1.82, 2.24) is 14.9 Å². The zero-order chi connectivity index (χ0) is 23.5. The van der Waals surface area contributed by atoms with Gasteiger partial charge < -0.3 is 15.0 Å². The third-order valence-corrected chi connectivity index (χ3v) is 7.18. The lowest BCUT2D eigenvalue weighted by Crippen LogP contribution is -2.48. The van der Waals surface area contributed by atoms with Crippen molar-refractivity contribution >= 4 is 33.4 Å². The smallest absolute Gasteiger partial charge is 0.377 e. The van der Waals surface area contributed by atoms with Crippen LogP contribution in [0.4, 0.5) is 13.2 Å². The van der Waals surface area contributed by atoms with E-state index in [1.54, 1.807) is 5.32 Å². The quantitative estimate of drug-likeness (QED) is 0.600. The Morgan fingerprint density at radius 2 is 1.97 bits per heavy atom. The van der Waals surface area contributed by atoms with E-state index in [0.717, 1.165) is 23.8 Å². The molecule has 2 atom stereocenters. The summed E-state index contributed by atoms with van der Waals surface area (Å²) in [5.74, 6) is -1.57. The third kappa shape index (κ3) is 6.12. The van der Waals surface area contributed by atoms with Crippen LogP contribution >= 0.6 is 11.6 Å². The molecule has 2 saturated heterocycles. The molecule has 2 fully saturated rings. The van der Waals surface area contributed by atoms with Crippen LogP contribution in [-0.4, -0.2) is 69.7 Å². The molecule has 0 spiro atoms. The molecule has 2 aliphatic rings. The first-order chi connectivity index (χ1) is 15.0. The summed E-state index contributed by atoms with van der Waals surface area (Å²) in [5.41, 5.74) is -0.0394. The number of carbonyl (C=O) groups excluding carboxylic acids is 2. The first-order valence-corrected chi connectivity index (χ1v) is 11.9. The van der Waals surface area contributed by atoms with Gasteiger partial charge in [0, 0.05) is 25.3 Å². The van der Waals surface area contributed by atoms with E-state index in [9.17, 15) is 31.2 Å². The average Bonchev–Trinajstić information content (AvgIpc) is 3.41. The Morgan fingerprint density at radius 3 is 2.62 bits per heavy atom. The van der Waals surface area contributed by atoms with Crippen molar-refractivity contribution in [3.63, 3.8) is 0 Å². The lowest BCUT2D eigenvalue weighted by atomic mass is 10.1. The van der Waals surface area contributed by atoms with Crippen molar-refractivity contribution in [3.05, 3.63) is 28.8 Å². The van der Waals surface area contributed by atoms with Crippen molar-refractivity contribution < 1.29 is 35.9 Å². The van der Waals surface area contributed by atoms with E-state index in [1.165, 1.54) is 12.1 Å². The normalized spacial score (nSPS) is 21.7. The lowest BCUT2D eigenvalue weighted by Gasteiger charge is -2.24. The van der Waals surface area contributed by atoms with Crippen LogP contribution in [0.25, 0.3) is 0 Å². The van der Waals surface area contributed by atoms with Gasteiger partial charge in [-0.15, -0.1) is 0 Å². The summed E-state index contributed by atoms with van der Waals surface area (Å²) in [6, 6.07) is 2.60. The van der Waals surface area contributed by atoms with Crippen LogP contribution in [0.15, 0.2) is 23.1 Å². The summed E-state index contributed by atoms with van der Waals surface area (Å²) < 4.78 is 70.4. The minimum absolute atomic E-state index is 0.0394. The molecule has 32 heavy (non-hydrogen) atoms. The molecular weight excluding hydrogens is 475 g/mol. The number of nitrogens with zero attached hydrogens (tertiary/aromatic N) is 1. The molecule has 0 saturated carbocycles. The largest absolute Gasteiger partial charge is 0.405 e. The number of ether oxygens (including phenoxy) is 1. The van der Waals surface area contributed by atoms with Crippen LogP contribution in [0.1, 0.15) is 36.0 Å². The highest BCUT2D eigenvalue weighted by Gasteiger charge is 2.37. The van der Waals surface area contributed by atoms with Gasteiger partial charge in [0.05, 0.1) is 11.1 Å². The fourth-order valence-corrected chi connectivity index (χ4v) is 5.27. The highest BCUT2D eigenvalue weighted by atomic mass is 35.5. The second-order valence-electron chi connectivity index (χ2n) is 7.62. The Labute approximate surface area is 188 Å². The van der Waals surface area contributed by atoms with Crippen molar-refractivity contribution in [2.75, 3.05) is 26.2 Å². The molecule has 2 heterocycles. The van der Waals surface area contributed by atoms with E-state index >= 15 is 0 Å². The van der Waals surface area contributed by atoms with E-state index in [1.807, 2.05) is 0 Å². The van der Waals surface area contributed by atoms with Gasteiger partial charge in [0.25, 0.3) is 5.91 Å². The number of amides is 2. The predicted molar refractivity (Wildman–Crippen MR) is 109 cm³/mol. The third-order valence-electron chi connectivity index (χ3n) is 5.27. The molecule has 0 aliphatic carbocycles. The minimum atomic E-state index is -4.57. The summed E-state index contributed by atoms with van der Waals surface area (Å²) in [4.78, 5) is 26.0. The highest BCUT2D eigenvalue weighted by Crippen LogP contribution is 2.26. The Morgan fingerprint density at radius 1 is 1.22 bits per heavy atom. The zero-order valence-corrected chi connectivity index (χ0v) is 18.5. The second-order valence-corrected chi connectivity index (χ2v) is 9.76.